The van der Waals surface area contributed by atoms with Crippen LogP contribution in [0.15, 0.2) is 6.08 Å². The van der Waals surface area contributed by atoms with Crippen LogP contribution in [0.25, 0.3) is 0 Å². The van der Waals surface area contributed by atoms with Gasteiger partial charge in [-0.15, -0.1) is 0 Å². The minimum Gasteiger partial charge on any atom is -0.379 e. The van der Waals surface area contributed by atoms with Crippen LogP contribution in [-0.4, -0.2) is 0 Å². The third-order valence-corrected chi connectivity index (χ3v) is 0.523. The van der Waals surface area contributed by atoms with Crippen molar-refractivity contribution in [3.05, 3.63) is 18.8 Å². The quantitative estimate of drug-likeness (QED) is 0.434. The molecular formula is C4H5N. The van der Waals surface area contributed by atoms with Gasteiger partial charge in [-0.25, -0.2) is 0 Å². The van der Waals surface area contributed by atoms with Crippen molar-refractivity contribution >= 4 is 0 Å². The lowest BCUT2D eigenvalue weighted by atomic mass is 10.5. The van der Waals surface area contributed by atoms with Crippen LogP contribution >= 0.6 is 0 Å². The van der Waals surface area contributed by atoms with Crippen LogP contribution in [0.2, 0.25) is 0 Å². The second-order valence-corrected chi connectivity index (χ2v) is 0.933. The highest BCUT2D eigenvalue weighted by Gasteiger charge is 1.83. The Labute approximate surface area is 31.7 Å². The molecule has 0 fully saturated rings. The number of nitrogens with one attached hydrogen (secondary N) is 1. The van der Waals surface area contributed by atoms with E-state index in [1.807, 2.05) is 12.6 Å². The summed E-state index contributed by atoms with van der Waals surface area (Å²) in [6, 6.07) is 0. The van der Waals surface area contributed by atoms with E-state index in [2.05, 4.69) is 11.5 Å². The first-order valence-corrected chi connectivity index (χ1v) is 1.64. The predicted octanol–water partition coefficient (Wildman–Crippen LogP) is 0.458. The van der Waals surface area contributed by atoms with Crippen molar-refractivity contribution in [2.24, 2.45) is 0 Å². The van der Waals surface area contributed by atoms with Gasteiger partial charge in [0, 0.05) is 0 Å². The number of rotatable bonds is 0. The maximum atomic E-state index is 2.79. The minimum atomic E-state index is 1.03. The van der Waals surface area contributed by atoms with Crippen molar-refractivity contribution in [2.75, 3.05) is 0 Å². The lowest BCUT2D eigenvalue weighted by Gasteiger charge is -1.75. The van der Waals surface area contributed by atoms with Crippen LogP contribution in [0.3, 0.4) is 0 Å². The van der Waals surface area contributed by atoms with E-state index in [0.717, 1.165) is 6.42 Å². The molecule has 0 amide bonds. The van der Waals surface area contributed by atoms with Gasteiger partial charge in [-0.3, -0.25) is 0 Å². The molecule has 5 heavy (non-hydrogen) atoms. The maximum absolute atomic E-state index is 2.79. The van der Waals surface area contributed by atoms with Crippen LogP contribution in [0.5, 0.6) is 0 Å². The Kier molecular flexibility index (Phi) is 0.612. The van der Waals surface area contributed by atoms with Crippen molar-refractivity contribution in [1.82, 2.24) is 5.32 Å². The van der Waals surface area contributed by atoms with Crippen LogP contribution in [0.4, 0.5) is 0 Å². The zero-order chi connectivity index (χ0) is 3.54. The molecule has 0 aromatic rings. The van der Waals surface area contributed by atoms with Gasteiger partial charge in [-0.1, -0.05) is 6.08 Å². The van der Waals surface area contributed by atoms with E-state index in [9.17, 15) is 0 Å². The summed E-state index contributed by atoms with van der Waals surface area (Å²) in [5, 5.41) is 2.79. The Balaban J connectivity index is 2.32. The van der Waals surface area contributed by atoms with Gasteiger partial charge < -0.3 is 5.32 Å². The van der Waals surface area contributed by atoms with E-state index in [1.54, 1.807) is 0 Å². The zero-order valence-corrected chi connectivity index (χ0v) is 2.86. The van der Waals surface area contributed by atoms with Gasteiger partial charge in [0.15, 0.2) is 0 Å². The molecule has 1 nitrogen and oxygen atoms in total. The lowest BCUT2D eigenvalue weighted by molar-refractivity contribution is 1.04. The molecule has 26 valence electrons. The van der Waals surface area contributed by atoms with Gasteiger partial charge in [-0.05, 0) is 6.42 Å². The molecule has 0 aliphatic carbocycles. The largest absolute Gasteiger partial charge is 0.379 e. The van der Waals surface area contributed by atoms with Gasteiger partial charge in [-0.2, -0.15) is 0 Å². The highest BCUT2D eigenvalue weighted by atomic mass is 14.8. The van der Waals surface area contributed by atoms with E-state index < -0.39 is 0 Å². The molecule has 1 heteroatoms. The second-order valence-electron chi connectivity index (χ2n) is 0.933. The van der Waals surface area contributed by atoms with E-state index >= 15 is 0 Å². The summed E-state index contributed by atoms with van der Waals surface area (Å²) in [7, 11) is 0. The summed E-state index contributed by atoms with van der Waals surface area (Å²) >= 11 is 0. The topological polar surface area (TPSA) is 12.0 Å². The first-order valence-electron chi connectivity index (χ1n) is 1.64. The smallest absolute Gasteiger partial charge is 0.0536 e. The van der Waals surface area contributed by atoms with Gasteiger partial charge in [0.2, 0.25) is 0 Å². The lowest BCUT2D eigenvalue weighted by Crippen LogP contribution is -1.89. The second kappa shape index (κ2) is 1.11. The Morgan fingerprint density at radius 2 is 2.80 bits per heavy atom. The summed E-state index contributed by atoms with van der Waals surface area (Å²) in [6.07, 6.45) is 5.76. The molecule has 2 radical (unpaired) electrons. The Morgan fingerprint density at radius 3 is 3.00 bits per heavy atom. The molecule has 0 spiro atoms. The van der Waals surface area contributed by atoms with Crippen molar-refractivity contribution in [2.45, 2.75) is 6.42 Å². The summed E-state index contributed by atoms with van der Waals surface area (Å²) in [6.45, 7) is 1.94. The summed E-state index contributed by atoms with van der Waals surface area (Å²) in [5.41, 5.74) is 0. The highest BCUT2D eigenvalue weighted by Crippen LogP contribution is 1.89. The Bertz CT molecular complexity index is 41.6. The average molecular weight is 67.1 g/mol. The Hall–Kier alpha value is -0.460. The molecule has 1 rings (SSSR count). The zero-order valence-electron chi connectivity index (χ0n) is 2.86. The molecule has 0 atom stereocenters. The van der Waals surface area contributed by atoms with Gasteiger partial charge in [0.05, 0.1) is 12.7 Å². The fourth-order valence-electron chi connectivity index (χ4n) is 0.295. The van der Waals surface area contributed by atoms with Crippen molar-refractivity contribution in [3.63, 3.8) is 0 Å². The highest BCUT2D eigenvalue weighted by molar-refractivity contribution is 4.88. The maximum Gasteiger partial charge on any atom is 0.0536 e. The van der Waals surface area contributed by atoms with Crippen molar-refractivity contribution in [3.8, 4) is 0 Å². The van der Waals surface area contributed by atoms with E-state index in [1.165, 1.54) is 0 Å². The van der Waals surface area contributed by atoms with E-state index in [4.69, 9.17) is 0 Å². The minimum absolute atomic E-state index is 1.03. The van der Waals surface area contributed by atoms with Gasteiger partial charge in [0.25, 0.3) is 0 Å². The molecule has 0 aromatic heterocycles. The standard InChI is InChI=1S/C4H5N/c1-2-4-5-3-1/h1,4-5H,2H2. The third-order valence-electron chi connectivity index (χ3n) is 0.523. The molecular weight excluding hydrogens is 62.1 g/mol. The number of hydrogen-bond donors (Lipinski definition) is 1. The molecule has 0 unspecified atom stereocenters. The Morgan fingerprint density at radius 1 is 1.80 bits per heavy atom. The fraction of sp³-hybridized carbons (Fsp3) is 0.250. The van der Waals surface area contributed by atoms with Crippen molar-refractivity contribution < 1.29 is 0 Å². The summed E-state index contributed by atoms with van der Waals surface area (Å²) < 4.78 is 0. The molecule has 1 aliphatic heterocycles. The van der Waals surface area contributed by atoms with Gasteiger partial charge >= 0.3 is 0 Å². The monoisotopic (exact) mass is 67.0 g/mol. The van der Waals surface area contributed by atoms with E-state index in [-0.39, 0.29) is 0 Å². The molecule has 1 aliphatic rings. The molecule has 1 N–H and O–H groups in total. The van der Waals surface area contributed by atoms with Crippen LogP contribution in [0, 0.1) is 12.7 Å². The van der Waals surface area contributed by atoms with Crippen LogP contribution in [-0.2, 0) is 0 Å². The molecule has 0 saturated heterocycles. The molecule has 0 bridgehead atoms. The number of hydrogen-bond acceptors (Lipinski definition) is 1. The fourth-order valence-corrected chi connectivity index (χ4v) is 0.295. The summed E-state index contributed by atoms with van der Waals surface area (Å²) in [5.74, 6) is 0. The van der Waals surface area contributed by atoms with Crippen LogP contribution in [0.1, 0.15) is 6.42 Å². The predicted molar refractivity (Wildman–Crippen MR) is 19.9 cm³/mol. The van der Waals surface area contributed by atoms with Gasteiger partial charge in [0.1, 0.15) is 0 Å². The van der Waals surface area contributed by atoms with E-state index in [0.29, 0.717) is 0 Å². The molecule has 0 saturated carbocycles. The third kappa shape index (κ3) is 0.407. The normalized spacial score (nSPS) is 19.2. The van der Waals surface area contributed by atoms with Crippen molar-refractivity contribution in [1.29, 1.82) is 0 Å². The average Bonchev–Trinajstić information content (AvgIpc) is 1.76. The SMILES string of the molecule is [C]1=CC[CH]N1. The molecule has 0 aromatic carbocycles. The van der Waals surface area contributed by atoms with Crippen LogP contribution < -0.4 is 5.32 Å². The molecule has 1 heterocycles. The summed E-state index contributed by atoms with van der Waals surface area (Å²) in [4.78, 5) is 0. The first-order chi connectivity index (χ1) is 2.50. The first kappa shape index (κ1) is 2.76.